The van der Waals surface area contributed by atoms with Crippen molar-refractivity contribution >= 4 is 6.16 Å². The molecule has 0 rings (SSSR count). The highest BCUT2D eigenvalue weighted by atomic mass is 80.0. The highest BCUT2D eigenvalue weighted by Gasteiger charge is 2.16. The van der Waals surface area contributed by atoms with Crippen LogP contribution in [0.5, 0.6) is 0 Å². The van der Waals surface area contributed by atoms with Gasteiger partial charge in [0.15, 0.2) is 0 Å². The minimum atomic E-state index is -3.55. The second-order valence-corrected chi connectivity index (χ2v) is 1.65. The summed E-state index contributed by atoms with van der Waals surface area (Å²) in [5, 5.41) is 7.49. The zero-order chi connectivity index (χ0) is 5.86. The van der Waals surface area contributed by atoms with E-state index in [-0.39, 0.29) is 0 Å². The molecule has 0 atom stereocenters. The third kappa shape index (κ3) is 5.67. The lowest BCUT2D eigenvalue weighted by Gasteiger charge is -1.82. The van der Waals surface area contributed by atoms with E-state index in [4.69, 9.17) is 5.11 Å². The van der Waals surface area contributed by atoms with Crippen molar-refractivity contribution in [3.8, 4) is 0 Å². The van der Waals surface area contributed by atoms with Gasteiger partial charge >= 0.3 is 21.0 Å². The fraction of sp³-hybridized carbons (Fsp3) is 0. The molecule has 0 saturated heterocycles. The molecule has 0 aliphatic heterocycles. The van der Waals surface area contributed by atoms with Crippen LogP contribution in [0.25, 0.3) is 0 Å². The fourth-order valence-corrected chi connectivity index (χ4v) is 0.280. The van der Waals surface area contributed by atoms with E-state index in [0.29, 0.717) is 0 Å². The molecule has 1 N–H and O–H groups in total. The standard InChI is InChI=1S/CHBrO5/c3-1(4)7-2(5)6/h(H,3,4). The van der Waals surface area contributed by atoms with Crippen molar-refractivity contribution in [1.29, 1.82) is 0 Å². The van der Waals surface area contributed by atoms with E-state index < -0.39 is 21.0 Å². The van der Waals surface area contributed by atoms with Crippen molar-refractivity contribution in [2.45, 2.75) is 0 Å². The molecule has 42 valence electrons. The average molecular weight is 173 g/mol. The van der Waals surface area contributed by atoms with Crippen LogP contribution in [-0.4, -0.2) is 11.3 Å². The van der Waals surface area contributed by atoms with E-state index in [0.717, 1.165) is 0 Å². The monoisotopic (exact) mass is 172 g/mol. The molecular formula is CHBrO5. The largest absolute Gasteiger partial charge is 0.599 e. The van der Waals surface area contributed by atoms with E-state index >= 15 is 0 Å². The van der Waals surface area contributed by atoms with Crippen LogP contribution in [0.2, 0.25) is 0 Å². The molecule has 0 saturated carbocycles. The van der Waals surface area contributed by atoms with Gasteiger partial charge < -0.3 is 13.5 Å². The Labute approximate surface area is 44.0 Å². The molecule has 7 heavy (non-hydrogen) atoms. The van der Waals surface area contributed by atoms with Gasteiger partial charge in [0.05, 0.1) is 0 Å². The van der Waals surface area contributed by atoms with E-state index in [1.807, 2.05) is 0 Å². The lowest BCUT2D eigenvalue weighted by molar-refractivity contribution is -1.62. The van der Waals surface area contributed by atoms with Crippen molar-refractivity contribution < 1.29 is 36.9 Å². The second-order valence-electron chi connectivity index (χ2n) is 0.532. The Morgan fingerprint density at radius 1 is 1.71 bits per heavy atom. The molecule has 0 heterocycles. The van der Waals surface area contributed by atoms with Gasteiger partial charge in [0.25, 0.3) is 0 Å². The molecule has 0 aliphatic carbocycles. The zero-order valence-electron chi connectivity index (χ0n) is 2.96. The van der Waals surface area contributed by atoms with Crippen LogP contribution in [0, 0.1) is 14.8 Å². The third-order valence-electron chi connectivity index (χ3n) is 0.129. The summed E-state index contributed by atoms with van der Waals surface area (Å²) in [6, 6.07) is 0. The van der Waals surface area contributed by atoms with Crippen LogP contribution < -0.4 is 8.40 Å². The number of rotatable bonds is 1. The van der Waals surface area contributed by atoms with Crippen LogP contribution in [0.1, 0.15) is 0 Å². The quantitative estimate of drug-likeness (QED) is 0.484. The number of hydrogen-bond donors (Lipinski definition) is 1. The maximum absolute atomic E-state index is 9.28. The summed E-state index contributed by atoms with van der Waals surface area (Å²) in [5.41, 5.74) is 0. The summed E-state index contributed by atoms with van der Waals surface area (Å²) in [5.74, 6) is 0. The molecule has 0 spiro atoms. The molecule has 6 heteroatoms. The van der Waals surface area contributed by atoms with E-state index in [2.05, 4.69) is 3.83 Å². The fourth-order valence-electron chi connectivity index (χ4n) is 0.0539. The van der Waals surface area contributed by atoms with E-state index in [9.17, 15) is 13.2 Å². The summed E-state index contributed by atoms with van der Waals surface area (Å²) in [6.45, 7) is 0. The Balaban J connectivity index is 3.13. The predicted molar refractivity (Wildman–Crippen MR) is 9.11 cm³/mol. The number of carboxylic acid groups (broad SMARTS) is 1. The minimum Gasteiger partial charge on any atom is -0.444 e. The molecule has 0 bridgehead atoms. The topological polar surface area (TPSA) is 92.7 Å². The smallest absolute Gasteiger partial charge is 0.444 e. The number of hydrogen-bond acceptors (Lipinski definition) is 4. The Morgan fingerprint density at radius 3 is 2.14 bits per heavy atom. The van der Waals surface area contributed by atoms with Gasteiger partial charge in [-0.05, 0) is 3.83 Å². The van der Waals surface area contributed by atoms with E-state index in [1.165, 1.54) is 0 Å². The first-order valence-corrected chi connectivity index (χ1v) is 3.04. The molecule has 0 aromatic heterocycles. The molecule has 0 aromatic carbocycles. The number of carbonyl (C=O) groups is 1. The first kappa shape index (κ1) is 6.67. The lowest BCUT2D eigenvalue weighted by Crippen LogP contribution is -2.35. The van der Waals surface area contributed by atoms with Gasteiger partial charge in [-0.15, -0.1) is 0 Å². The van der Waals surface area contributed by atoms with Gasteiger partial charge in [0.2, 0.25) is 0 Å². The first-order chi connectivity index (χ1) is 3.13. The molecule has 0 amide bonds. The molecular weight excluding hydrogens is 172 g/mol. The number of halogens is 1. The molecule has 0 radical (unpaired) electrons. The SMILES string of the molecule is O=C(O)O[Br+2]([O-])[O-]. The first-order valence-electron chi connectivity index (χ1n) is 1.09. The minimum absolute atomic E-state index is 1.79. The zero-order valence-corrected chi connectivity index (χ0v) is 4.54. The Bertz CT molecular complexity index is 68.5. The molecule has 0 fully saturated rings. The Kier molecular flexibility index (Phi) is 2.65. The normalized spacial score (nSPS) is 9.00. The summed E-state index contributed by atoms with van der Waals surface area (Å²) in [7, 11) is 0. The Morgan fingerprint density at radius 2 is 2.14 bits per heavy atom. The third-order valence-corrected chi connectivity index (χ3v) is 0.670. The van der Waals surface area contributed by atoms with Crippen LogP contribution in [0.4, 0.5) is 4.79 Å². The maximum Gasteiger partial charge on any atom is 0.599 e. The van der Waals surface area contributed by atoms with Crippen molar-refractivity contribution in [1.82, 2.24) is 0 Å². The highest BCUT2D eigenvalue weighted by Crippen LogP contribution is 1.75. The van der Waals surface area contributed by atoms with Crippen LogP contribution >= 0.6 is 0 Å². The van der Waals surface area contributed by atoms with Gasteiger partial charge in [-0.3, -0.25) is 0 Å². The second kappa shape index (κ2) is 2.78. The van der Waals surface area contributed by atoms with Gasteiger partial charge in [-0.25, -0.2) is 0 Å². The van der Waals surface area contributed by atoms with Crippen LogP contribution in [0.15, 0.2) is 0 Å². The van der Waals surface area contributed by atoms with Gasteiger partial charge in [-0.2, -0.15) is 4.79 Å². The Hall–Kier alpha value is -0.330. The van der Waals surface area contributed by atoms with Crippen molar-refractivity contribution in [2.24, 2.45) is 0 Å². The molecule has 0 unspecified atom stereocenters. The van der Waals surface area contributed by atoms with E-state index in [1.54, 1.807) is 0 Å². The van der Waals surface area contributed by atoms with Crippen molar-refractivity contribution in [3.05, 3.63) is 0 Å². The summed E-state index contributed by atoms with van der Waals surface area (Å²) >= 11 is -3.55. The van der Waals surface area contributed by atoms with Crippen LogP contribution in [0.3, 0.4) is 0 Å². The highest BCUT2D eigenvalue weighted by molar-refractivity contribution is 5.55. The lowest BCUT2D eigenvalue weighted by atomic mass is 11.5. The summed E-state index contributed by atoms with van der Waals surface area (Å²) < 4.78 is 21.7. The maximum atomic E-state index is 9.28. The summed E-state index contributed by atoms with van der Waals surface area (Å²) in [6.07, 6.45) is -1.79. The van der Waals surface area contributed by atoms with Crippen molar-refractivity contribution in [3.63, 3.8) is 0 Å². The van der Waals surface area contributed by atoms with Gasteiger partial charge in [-0.1, -0.05) is 0 Å². The van der Waals surface area contributed by atoms with Crippen molar-refractivity contribution in [2.75, 3.05) is 0 Å². The van der Waals surface area contributed by atoms with Crippen LogP contribution in [-0.2, 0) is 3.83 Å². The average Bonchev–Trinajstić information content (AvgIpc) is 1.27. The summed E-state index contributed by atoms with van der Waals surface area (Å²) in [4.78, 5) is 9.21. The molecule has 5 nitrogen and oxygen atoms in total. The van der Waals surface area contributed by atoms with Gasteiger partial charge in [0.1, 0.15) is 0 Å². The van der Waals surface area contributed by atoms with Gasteiger partial charge in [0, 0.05) is 0 Å². The predicted octanol–water partition coefficient (Wildman–Crippen LogP) is -2.23. The molecule has 0 aromatic rings. The molecule has 0 aliphatic rings.